The van der Waals surface area contributed by atoms with Gasteiger partial charge in [0.15, 0.2) is 0 Å². The highest BCUT2D eigenvalue weighted by Gasteiger charge is 2.23. The summed E-state index contributed by atoms with van der Waals surface area (Å²) >= 11 is 0. The summed E-state index contributed by atoms with van der Waals surface area (Å²) in [6.45, 7) is 8.06. The fraction of sp³-hybridized carbons (Fsp3) is 0.571. The lowest BCUT2D eigenvalue weighted by atomic mass is 9.98. The molecule has 1 aromatic rings. The highest BCUT2D eigenvalue weighted by Crippen LogP contribution is 2.23. The van der Waals surface area contributed by atoms with Gasteiger partial charge in [-0.05, 0) is 35.6 Å². The van der Waals surface area contributed by atoms with Crippen LogP contribution in [0.5, 0.6) is 0 Å². The van der Waals surface area contributed by atoms with Crippen LogP contribution in [-0.2, 0) is 23.0 Å². The van der Waals surface area contributed by atoms with Crippen LogP contribution >= 0.6 is 0 Å². The van der Waals surface area contributed by atoms with E-state index in [1.54, 1.807) is 6.07 Å². The average molecular weight is 282 g/mol. The van der Waals surface area contributed by atoms with Gasteiger partial charge in [-0.3, -0.25) is 0 Å². The monoisotopic (exact) mass is 282 g/mol. The van der Waals surface area contributed by atoms with Gasteiger partial charge in [-0.25, -0.2) is 13.1 Å². The molecule has 4 nitrogen and oxygen atoms in total. The number of benzene rings is 1. The minimum absolute atomic E-state index is 0.0660. The van der Waals surface area contributed by atoms with Crippen molar-refractivity contribution in [1.82, 2.24) is 10.0 Å². The van der Waals surface area contributed by atoms with E-state index in [0.29, 0.717) is 11.4 Å². The zero-order valence-corrected chi connectivity index (χ0v) is 12.6. The van der Waals surface area contributed by atoms with Crippen molar-refractivity contribution < 1.29 is 8.42 Å². The van der Waals surface area contributed by atoms with E-state index in [9.17, 15) is 8.42 Å². The van der Waals surface area contributed by atoms with E-state index < -0.39 is 10.0 Å². The van der Waals surface area contributed by atoms with E-state index in [0.717, 1.165) is 30.6 Å². The average Bonchev–Trinajstić information content (AvgIpc) is 2.35. The summed E-state index contributed by atoms with van der Waals surface area (Å²) < 4.78 is 27.6. The van der Waals surface area contributed by atoms with Crippen LogP contribution in [0, 0.1) is 5.41 Å². The Morgan fingerprint density at radius 1 is 1.32 bits per heavy atom. The Bertz CT molecular complexity index is 559. The van der Waals surface area contributed by atoms with Crippen LogP contribution in [0.1, 0.15) is 31.9 Å². The second-order valence-electron chi connectivity index (χ2n) is 6.21. The lowest BCUT2D eigenvalue weighted by Gasteiger charge is -2.22. The number of sulfonamides is 1. The number of hydrogen-bond donors (Lipinski definition) is 2. The van der Waals surface area contributed by atoms with E-state index >= 15 is 0 Å². The summed E-state index contributed by atoms with van der Waals surface area (Å²) in [5, 5.41) is 3.26. The minimum Gasteiger partial charge on any atom is -0.312 e. The van der Waals surface area contributed by atoms with Gasteiger partial charge in [-0.15, -0.1) is 0 Å². The molecule has 0 bridgehead atoms. The van der Waals surface area contributed by atoms with Gasteiger partial charge in [0.2, 0.25) is 10.0 Å². The first-order valence-electron chi connectivity index (χ1n) is 6.61. The van der Waals surface area contributed by atoms with Gasteiger partial charge in [0.05, 0.1) is 4.90 Å². The number of fused-ring (bicyclic) bond motifs is 1. The predicted molar refractivity (Wildman–Crippen MR) is 76.5 cm³/mol. The first kappa shape index (κ1) is 14.5. The largest absolute Gasteiger partial charge is 0.312 e. The van der Waals surface area contributed by atoms with E-state index in [2.05, 4.69) is 10.0 Å². The molecule has 0 saturated heterocycles. The van der Waals surface area contributed by atoms with Gasteiger partial charge >= 0.3 is 0 Å². The third-order valence-electron chi connectivity index (χ3n) is 3.18. The number of nitrogens with one attached hydrogen (secondary N) is 2. The predicted octanol–water partition coefficient (Wildman–Crippen LogP) is 1.66. The summed E-state index contributed by atoms with van der Waals surface area (Å²) in [7, 11) is -3.41. The van der Waals surface area contributed by atoms with Crippen molar-refractivity contribution in [3.8, 4) is 0 Å². The Morgan fingerprint density at radius 3 is 2.74 bits per heavy atom. The summed E-state index contributed by atoms with van der Waals surface area (Å²) in [5.74, 6) is 0. The second-order valence-corrected chi connectivity index (χ2v) is 7.94. The molecule has 0 amide bonds. The maximum atomic E-state index is 12.4. The van der Waals surface area contributed by atoms with Crippen molar-refractivity contribution in [2.75, 3.05) is 13.1 Å². The molecule has 0 radical (unpaired) electrons. The zero-order chi connectivity index (χ0) is 14.1. The topological polar surface area (TPSA) is 58.2 Å². The fourth-order valence-corrected chi connectivity index (χ4v) is 3.73. The fourth-order valence-electron chi connectivity index (χ4n) is 2.14. The quantitative estimate of drug-likeness (QED) is 0.886. The molecule has 1 aromatic carbocycles. The van der Waals surface area contributed by atoms with Crippen LogP contribution in [-0.4, -0.2) is 21.5 Å². The summed E-state index contributed by atoms with van der Waals surface area (Å²) in [6, 6.07) is 5.51. The third kappa shape index (κ3) is 3.55. The summed E-state index contributed by atoms with van der Waals surface area (Å²) in [4.78, 5) is 0.441. The van der Waals surface area contributed by atoms with Gasteiger partial charge < -0.3 is 5.32 Å². The van der Waals surface area contributed by atoms with Crippen LogP contribution in [0.15, 0.2) is 23.1 Å². The van der Waals surface area contributed by atoms with Crippen LogP contribution in [0.4, 0.5) is 0 Å². The van der Waals surface area contributed by atoms with Gasteiger partial charge in [0.1, 0.15) is 0 Å². The molecule has 0 fully saturated rings. The second kappa shape index (κ2) is 5.23. The molecule has 0 unspecified atom stereocenters. The summed E-state index contributed by atoms with van der Waals surface area (Å²) in [5.41, 5.74) is 1.98. The van der Waals surface area contributed by atoms with E-state index in [1.807, 2.05) is 32.9 Å². The molecule has 0 saturated carbocycles. The standard InChI is InChI=1S/C14H22N2O2S/c1-14(2,3)10-16-19(17,18)13-6-4-5-11-9-15-8-7-12(11)13/h4-6,15-16H,7-10H2,1-3H3. The van der Waals surface area contributed by atoms with Crippen molar-refractivity contribution >= 4 is 10.0 Å². The SMILES string of the molecule is CC(C)(C)CNS(=O)(=O)c1cccc2c1CCNC2. The molecule has 1 aliphatic heterocycles. The minimum atomic E-state index is -3.41. The van der Waals surface area contributed by atoms with Crippen LogP contribution in [0.2, 0.25) is 0 Å². The Hall–Kier alpha value is -0.910. The normalized spacial score (nSPS) is 16.2. The van der Waals surface area contributed by atoms with Crippen molar-refractivity contribution in [1.29, 1.82) is 0 Å². The van der Waals surface area contributed by atoms with Crippen molar-refractivity contribution in [2.45, 2.75) is 38.6 Å². The summed E-state index contributed by atoms with van der Waals surface area (Å²) in [6.07, 6.45) is 0.766. The van der Waals surface area contributed by atoms with Gasteiger partial charge in [-0.2, -0.15) is 0 Å². The van der Waals surface area contributed by atoms with Gasteiger partial charge in [-0.1, -0.05) is 32.9 Å². The Labute approximate surface area is 115 Å². The number of hydrogen-bond acceptors (Lipinski definition) is 3. The van der Waals surface area contributed by atoms with Crippen molar-refractivity contribution in [2.24, 2.45) is 5.41 Å². The van der Waals surface area contributed by atoms with Crippen LogP contribution in [0.3, 0.4) is 0 Å². The molecule has 1 aliphatic rings. The van der Waals surface area contributed by atoms with E-state index in [-0.39, 0.29) is 5.41 Å². The van der Waals surface area contributed by atoms with Crippen molar-refractivity contribution in [3.05, 3.63) is 29.3 Å². The van der Waals surface area contributed by atoms with Crippen LogP contribution in [0.25, 0.3) is 0 Å². The van der Waals surface area contributed by atoms with Crippen molar-refractivity contribution in [3.63, 3.8) is 0 Å². The molecular formula is C14H22N2O2S. The molecule has 19 heavy (non-hydrogen) atoms. The lowest BCUT2D eigenvalue weighted by molar-refractivity contribution is 0.407. The molecular weight excluding hydrogens is 260 g/mol. The van der Waals surface area contributed by atoms with Crippen LogP contribution < -0.4 is 10.0 Å². The molecule has 0 spiro atoms. The van der Waals surface area contributed by atoms with E-state index in [4.69, 9.17) is 0 Å². The number of rotatable bonds is 3. The Morgan fingerprint density at radius 2 is 2.05 bits per heavy atom. The molecule has 0 atom stereocenters. The first-order valence-corrected chi connectivity index (χ1v) is 8.09. The molecule has 2 N–H and O–H groups in total. The molecule has 0 aliphatic carbocycles. The maximum absolute atomic E-state index is 12.4. The smallest absolute Gasteiger partial charge is 0.240 e. The zero-order valence-electron chi connectivity index (χ0n) is 11.8. The highest BCUT2D eigenvalue weighted by atomic mass is 32.2. The van der Waals surface area contributed by atoms with E-state index in [1.165, 1.54) is 0 Å². The maximum Gasteiger partial charge on any atom is 0.240 e. The van der Waals surface area contributed by atoms with Gasteiger partial charge in [0, 0.05) is 13.1 Å². The first-order chi connectivity index (χ1) is 8.80. The molecule has 2 rings (SSSR count). The van der Waals surface area contributed by atoms with Gasteiger partial charge in [0.25, 0.3) is 0 Å². The molecule has 0 aromatic heterocycles. The molecule has 5 heteroatoms. The molecule has 106 valence electrons. The Balaban J connectivity index is 2.31. The Kier molecular flexibility index (Phi) is 3.99. The molecule has 1 heterocycles. The third-order valence-corrected chi connectivity index (χ3v) is 4.67. The lowest BCUT2D eigenvalue weighted by Crippen LogP contribution is -2.34. The highest BCUT2D eigenvalue weighted by molar-refractivity contribution is 7.89.